The molecule has 5 nitrogen and oxygen atoms in total. The monoisotopic (exact) mass is 423 g/mol. The average Bonchev–Trinajstić information content (AvgIpc) is 2.75. The topological polar surface area (TPSA) is 63.7 Å². The number of carbonyl (C=O) groups is 1. The van der Waals surface area contributed by atoms with E-state index in [0.29, 0.717) is 43.0 Å². The molecule has 0 saturated carbocycles. The van der Waals surface area contributed by atoms with Gasteiger partial charge in [0.15, 0.2) is 9.84 Å². The molecule has 0 unspecified atom stereocenters. The van der Waals surface area contributed by atoms with E-state index in [1.54, 1.807) is 31.4 Å². The summed E-state index contributed by atoms with van der Waals surface area (Å²) in [6.45, 7) is 3.30. The number of benzene rings is 1. The molecule has 1 aromatic rings. The number of piperidine rings is 1. The third kappa shape index (κ3) is 7.32. The van der Waals surface area contributed by atoms with Gasteiger partial charge in [0, 0.05) is 19.5 Å². The van der Waals surface area contributed by atoms with Crippen LogP contribution in [0.3, 0.4) is 0 Å². The van der Waals surface area contributed by atoms with Gasteiger partial charge in [-0.05, 0) is 43.5 Å². The molecule has 29 heavy (non-hydrogen) atoms. The molecule has 0 bridgehead atoms. The molecule has 6 heteroatoms. The van der Waals surface area contributed by atoms with Crippen LogP contribution in [-0.4, -0.2) is 44.7 Å². The number of nitrogens with zero attached hydrogens (tertiary/aromatic N) is 1. The van der Waals surface area contributed by atoms with Crippen molar-refractivity contribution in [1.29, 1.82) is 0 Å². The normalized spacial score (nSPS) is 15.4. The van der Waals surface area contributed by atoms with Crippen LogP contribution in [0, 0.1) is 0 Å². The van der Waals surface area contributed by atoms with E-state index in [-0.39, 0.29) is 5.91 Å². The molecule has 0 N–H and O–H groups in total. The van der Waals surface area contributed by atoms with Gasteiger partial charge >= 0.3 is 0 Å². The molecule has 1 fully saturated rings. The van der Waals surface area contributed by atoms with Gasteiger partial charge < -0.3 is 9.64 Å². The largest absolute Gasteiger partial charge is 0.497 e. The molecule has 1 heterocycles. The van der Waals surface area contributed by atoms with Crippen LogP contribution < -0.4 is 4.74 Å². The maximum absolute atomic E-state index is 12.9. The molecule has 0 aromatic heterocycles. The third-order valence-corrected chi connectivity index (χ3v) is 8.14. The number of amides is 1. The number of hydrogen-bond acceptors (Lipinski definition) is 4. The fraction of sp³-hybridized carbons (Fsp3) is 0.696. The van der Waals surface area contributed by atoms with Crippen LogP contribution >= 0.6 is 0 Å². The highest BCUT2D eigenvalue weighted by Crippen LogP contribution is 2.26. The summed E-state index contributed by atoms with van der Waals surface area (Å²) in [6, 6.07) is 6.56. The van der Waals surface area contributed by atoms with Crippen LogP contribution in [0.5, 0.6) is 5.75 Å². The quantitative estimate of drug-likeness (QED) is 0.444. The van der Waals surface area contributed by atoms with Crippen LogP contribution in [0.4, 0.5) is 0 Å². The molecular formula is C23H37NO4S. The first-order chi connectivity index (χ1) is 14.0. The summed E-state index contributed by atoms with van der Waals surface area (Å²) >= 11 is 0. The van der Waals surface area contributed by atoms with Crippen molar-refractivity contribution in [2.24, 2.45) is 0 Å². The van der Waals surface area contributed by atoms with Crippen LogP contribution in [-0.2, 0) is 14.6 Å². The van der Waals surface area contributed by atoms with Crippen molar-refractivity contribution in [3.63, 3.8) is 0 Å². The fourth-order valence-corrected chi connectivity index (χ4v) is 5.67. The zero-order chi connectivity index (χ0) is 21.1. The smallest absolute Gasteiger partial charge is 0.222 e. The number of unbranched alkanes of at least 4 members (excludes halogenated alkanes) is 7. The number of rotatable bonds is 12. The summed E-state index contributed by atoms with van der Waals surface area (Å²) in [4.78, 5) is 14.6. The lowest BCUT2D eigenvalue weighted by atomic mass is 10.1. The van der Waals surface area contributed by atoms with Gasteiger partial charge in [-0.25, -0.2) is 8.42 Å². The van der Waals surface area contributed by atoms with Crippen LogP contribution in [0.1, 0.15) is 77.6 Å². The molecule has 164 valence electrons. The number of carbonyl (C=O) groups excluding carboxylic acids is 1. The first-order valence-corrected chi connectivity index (χ1v) is 12.7. The lowest BCUT2D eigenvalue weighted by molar-refractivity contribution is -0.132. The van der Waals surface area contributed by atoms with E-state index in [1.807, 2.05) is 4.90 Å². The molecule has 1 aromatic carbocycles. The Hall–Kier alpha value is -1.56. The lowest BCUT2D eigenvalue weighted by Crippen LogP contribution is -2.42. The van der Waals surface area contributed by atoms with Gasteiger partial charge in [0.2, 0.25) is 5.91 Å². The van der Waals surface area contributed by atoms with E-state index in [4.69, 9.17) is 4.74 Å². The average molecular weight is 424 g/mol. The maximum Gasteiger partial charge on any atom is 0.222 e. The zero-order valence-corrected chi connectivity index (χ0v) is 18.9. The Morgan fingerprint density at radius 1 is 0.966 bits per heavy atom. The van der Waals surface area contributed by atoms with Crippen LogP contribution in [0.25, 0.3) is 0 Å². The molecule has 0 aliphatic carbocycles. The Morgan fingerprint density at radius 3 is 2.07 bits per heavy atom. The van der Waals surface area contributed by atoms with Crippen molar-refractivity contribution in [3.8, 4) is 5.75 Å². The van der Waals surface area contributed by atoms with Gasteiger partial charge in [-0.3, -0.25) is 4.79 Å². The molecular weight excluding hydrogens is 386 g/mol. The molecule has 1 saturated heterocycles. The fourth-order valence-electron chi connectivity index (χ4n) is 3.94. The van der Waals surface area contributed by atoms with Crippen LogP contribution in [0.2, 0.25) is 0 Å². The summed E-state index contributed by atoms with van der Waals surface area (Å²) in [5.74, 6) is 0.821. The highest BCUT2D eigenvalue weighted by Gasteiger charge is 2.32. The van der Waals surface area contributed by atoms with E-state index in [0.717, 1.165) is 12.8 Å². The minimum Gasteiger partial charge on any atom is -0.497 e. The second kappa shape index (κ2) is 12.2. The standard InChI is InChI=1S/C23H37NO4S/c1-3-4-5-6-7-8-9-10-11-23(25)24-18-16-22(17-19-24)29(26,27)21-14-12-20(28-2)13-15-21/h12-15,22H,3-11,16-19H2,1-2H3. The second-order valence-corrected chi connectivity index (χ2v) is 10.3. The minimum absolute atomic E-state index is 0.177. The molecule has 0 radical (unpaired) electrons. The molecule has 0 atom stereocenters. The van der Waals surface area contributed by atoms with Gasteiger partial charge in [-0.15, -0.1) is 0 Å². The van der Waals surface area contributed by atoms with E-state index in [2.05, 4.69) is 6.92 Å². The summed E-state index contributed by atoms with van der Waals surface area (Å²) in [6.07, 6.45) is 11.4. The summed E-state index contributed by atoms with van der Waals surface area (Å²) in [5, 5.41) is -0.414. The van der Waals surface area contributed by atoms with E-state index in [1.165, 1.54) is 38.5 Å². The maximum atomic E-state index is 12.9. The highest BCUT2D eigenvalue weighted by atomic mass is 32.2. The van der Waals surface area contributed by atoms with Crippen molar-refractivity contribution in [1.82, 2.24) is 4.90 Å². The predicted octanol–water partition coefficient (Wildman–Crippen LogP) is 4.99. The number of methoxy groups -OCH3 is 1. The first kappa shape index (κ1) is 23.7. The van der Waals surface area contributed by atoms with Crippen molar-refractivity contribution < 1.29 is 17.9 Å². The SMILES string of the molecule is CCCCCCCCCCC(=O)N1CCC(S(=O)(=O)c2ccc(OC)cc2)CC1. The summed E-state index contributed by atoms with van der Waals surface area (Å²) < 4.78 is 30.8. The number of sulfone groups is 1. The Labute approximate surface area is 176 Å². The van der Waals surface area contributed by atoms with Gasteiger partial charge in [-0.1, -0.05) is 51.9 Å². The van der Waals surface area contributed by atoms with Crippen molar-refractivity contribution in [3.05, 3.63) is 24.3 Å². The molecule has 1 aliphatic heterocycles. The molecule has 1 amide bonds. The number of ether oxygens (including phenoxy) is 1. The molecule has 0 spiro atoms. The van der Waals surface area contributed by atoms with E-state index >= 15 is 0 Å². The Morgan fingerprint density at radius 2 is 1.52 bits per heavy atom. The number of likely N-dealkylation sites (tertiary alicyclic amines) is 1. The Balaban J connectivity index is 1.70. The Kier molecular flexibility index (Phi) is 9.98. The number of hydrogen-bond donors (Lipinski definition) is 0. The highest BCUT2D eigenvalue weighted by molar-refractivity contribution is 7.92. The van der Waals surface area contributed by atoms with Gasteiger partial charge in [0.1, 0.15) is 5.75 Å². The first-order valence-electron chi connectivity index (χ1n) is 11.1. The van der Waals surface area contributed by atoms with Gasteiger partial charge in [0.05, 0.1) is 17.3 Å². The minimum atomic E-state index is -3.36. The summed E-state index contributed by atoms with van der Waals surface area (Å²) in [5.41, 5.74) is 0. The molecule has 2 rings (SSSR count). The Bertz CT molecular complexity index is 707. The second-order valence-electron chi connectivity index (χ2n) is 8.03. The van der Waals surface area contributed by atoms with E-state index in [9.17, 15) is 13.2 Å². The van der Waals surface area contributed by atoms with E-state index < -0.39 is 15.1 Å². The van der Waals surface area contributed by atoms with Crippen molar-refractivity contribution >= 4 is 15.7 Å². The lowest BCUT2D eigenvalue weighted by Gasteiger charge is -2.32. The zero-order valence-electron chi connectivity index (χ0n) is 18.1. The molecule has 1 aliphatic rings. The van der Waals surface area contributed by atoms with Gasteiger partial charge in [0.25, 0.3) is 0 Å². The summed E-state index contributed by atoms with van der Waals surface area (Å²) in [7, 11) is -1.80. The van der Waals surface area contributed by atoms with Gasteiger partial charge in [-0.2, -0.15) is 0 Å². The van der Waals surface area contributed by atoms with Crippen LogP contribution in [0.15, 0.2) is 29.2 Å². The van der Waals surface area contributed by atoms with Crippen molar-refractivity contribution in [2.75, 3.05) is 20.2 Å². The third-order valence-electron chi connectivity index (χ3n) is 5.87. The van der Waals surface area contributed by atoms with Crippen molar-refractivity contribution in [2.45, 2.75) is 87.7 Å². The predicted molar refractivity (Wildman–Crippen MR) is 117 cm³/mol.